The van der Waals surface area contributed by atoms with Crippen LogP contribution in [0.3, 0.4) is 0 Å². The molecule has 5 rings (SSSR count). The Morgan fingerprint density at radius 3 is 2.79 bits per heavy atom. The topological polar surface area (TPSA) is 81.9 Å². The van der Waals surface area contributed by atoms with E-state index in [1.807, 2.05) is 56.3 Å². The zero-order valence-corrected chi connectivity index (χ0v) is 19.3. The van der Waals surface area contributed by atoms with Gasteiger partial charge in [0.15, 0.2) is 0 Å². The monoisotopic (exact) mass is 461 g/mol. The maximum Gasteiger partial charge on any atom is 0.260 e. The third kappa shape index (κ3) is 4.21. The lowest BCUT2D eigenvalue weighted by Crippen LogP contribution is -2.24. The zero-order chi connectivity index (χ0) is 22.9. The van der Waals surface area contributed by atoms with Gasteiger partial charge < -0.3 is 10.1 Å². The molecule has 0 aliphatic carbocycles. The Hall–Kier alpha value is -3.29. The first kappa shape index (κ1) is 21.6. The molecule has 1 aliphatic heterocycles. The lowest BCUT2D eigenvalue weighted by atomic mass is 10.0. The number of benzene rings is 1. The Morgan fingerprint density at radius 1 is 1.18 bits per heavy atom. The predicted octanol–water partition coefficient (Wildman–Crippen LogP) is 4.70. The van der Waals surface area contributed by atoms with Crippen LogP contribution in [0.5, 0.6) is 0 Å². The second-order valence-corrected chi connectivity index (χ2v) is 8.55. The minimum absolute atomic E-state index is 0.137. The van der Waals surface area contributed by atoms with Gasteiger partial charge in [0, 0.05) is 52.1 Å². The van der Waals surface area contributed by atoms with Gasteiger partial charge in [0.05, 0.1) is 18.3 Å². The van der Waals surface area contributed by atoms with E-state index in [9.17, 15) is 4.79 Å². The third-order valence-electron chi connectivity index (χ3n) is 5.85. The molecule has 0 radical (unpaired) electrons. The van der Waals surface area contributed by atoms with Gasteiger partial charge in [-0.3, -0.25) is 14.3 Å². The van der Waals surface area contributed by atoms with Crippen LogP contribution in [0.4, 0.5) is 5.95 Å². The summed E-state index contributed by atoms with van der Waals surface area (Å²) in [5.41, 5.74) is 4.33. The lowest BCUT2D eigenvalue weighted by molar-refractivity contribution is 0.195. The summed E-state index contributed by atoms with van der Waals surface area (Å²) < 4.78 is 7.07. The molecule has 8 heteroatoms. The van der Waals surface area contributed by atoms with Crippen LogP contribution < -0.4 is 10.9 Å². The van der Waals surface area contributed by atoms with Crippen LogP contribution in [0.1, 0.15) is 19.0 Å². The van der Waals surface area contributed by atoms with E-state index < -0.39 is 0 Å². The van der Waals surface area contributed by atoms with Crippen LogP contribution in [0.25, 0.3) is 33.4 Å². The Bertz CT molecular complexity index is 1400. The summed E-state index contributed by atoms with van der Waals surface area (Å²) in [5.74, 6) is 0.500. The lowest BCUT2D eigenvalue weighted by Gasteiger charge is -2.14. The number of rotatable bonds is 5. The van der Waals surface area contributed by atoms with E-state index >= 15 is 0 Å². The highest BCUT2D eigenvalue weighted by Crippen LogP contribution is 2.31. The molecule has 4 heterocycles. The van der Waals surface area contributed by atoms with E-state index in [0.29, 0.717) is 40.9 Å². The van der Waals surface area contributed by atoms with Crippen LogP contribution in [0.2, 0.25) is 5.02 Å². The maximum atomic E-state index is 13.4. The fraction of sp³-hybridized carbons (Fsp3) is 0.280. The smallest absolute Gasteiger partial charge is 0.260 e. The molecule has 1 saturated heterocycles. The van der Waals surface area contributed by atoms with E-state index in [0.717, 1.165) is 35.4 Å². The van der Waals surface area contributed by atoms with Gasteiger partial charge in [0.2, 0.25) is 5.95 Å². The second kappa shape index (κ2) is 8.92. The van der Waals surface area contributed by atoms with Crippen molar-refractivity contribution in [3.8, 4) is 22.4 Å². The first-order valence-corrected chi connectivity index (χ1v) is 11.4. The number of ether oxygens (including phenoxy) is 1. The van der Waals surface area contributed by atoms with Crippen molar-refractivity contribution in [1.82, 2.24) is 19.5 Å². The van der Waals surface area contributed by atoms with Gasteiger partial charge in [-0.2, -0.15) is 4.98 Å². The van der Waals surface area contributed by atoms with Crippen LogP contribution in [-0.2, 0) is 11.3 Å². The van der Waals surface area contributed by atoms with Crippen LogP contribution in [-0.4, -0.2) is 38.8 Å². The van der Waals surface area contributed by atoms with Crippen molar-refractivity contribution in [2.75, 3.05) is 18.5 Å². The molecular formula is C25H24ClN5O2. The molecule has 0 saturated carbocycles. The number of halogens is 1. The van der Waals surface area contributed by atoms with Gasteiger partial charge in [-0.25, -0.2) is 4.98 Å². The minimum atomic E-state index is -0.137. The van der Waals surface area contributed by atoms with E-state index in [1.54, 1.807) is 10.8 Å². The van der Waals surface area contributed by atoms with E-state index in [4.69, 9.17) is 16.3 Å². The standard InChI is InChI=1S/C25H24ClN5O2/c1-3-31-23-17(13-27-25(30-23)29-18-9-10-33-14-18)11-20(24(31)32)19-8-7-16(12-21(19)26)22-6-4-5-15(2)28-22/h4-8,11-13,18H,3,9-10,14H2,1-2H3,(H,27,29,30)/t18-/m1/s1. The average Bonchev–Trinajstić information content (AvgIpc) is 3.32. The number of anilines is 1. The number of fused-ring (bicyclic) bond motifs is 1. The molecule has 33 heavy (non-hydrogen) atoms. The van der Waals surface area contributed by atoms with Crippen molar-refractivity contribution in [2.24, 2.45) is 0 Å². The number of aromatic nitrogens is 4. The van der Waals surface area contributed by atoms with Gasteiger partial charge in [0.1, 0.15) is 5.65 Å². The minimum Gasteiger partial charge on any atom is -0.379 e. The number of nitrogens with zero attached hydrogens (tertiary/aromatic N) is 4. The number of pyridine rings is 2. The predicted molar refractivity (Wildman–Crippen MR) is 131 cm³/mol. The highest BCUT2D eigenvalue weighted by Gasteiger charge is 2.18. The molecule has 0 spiro atoms. The van der Waals surface area contributed by atoms with Gasteiger partial charge in [-0.05, 0) is 44.5 Å². The molecule has 1 aliphatic rings. The second-order valence-electron chi connectivity index (χ2n) is 8.14. The molecule has 0 unspecified atom stereocenters. The van der Waals surface area contributed by atoms with E-state index in [-0.39, 0.29) is 11.6 Å². The van der Waals surface area contributed by atoms with Gasteiger partial charge in [0.25, 0.3) is 5.56 Å². The van der Waals surface area contributed by atoms with Crippen LogP contribution in [0.15, 0.2) is 53.5 Å². The molecule has 1 fully saturated rings. The summed E-state index contributed by atoms with van der Waals surface area (Å²) in [7, 11) is 0. The largest absolute Gasteiger partial charge is 0.379 e. The summed E-state index contributed by atoms with van der Waals surface area (Å²) >= 11 is 6.66. The van der Waals surface area contributed by atoms with Crippen molar-refractivity contribution in [3.05, 3.63) is 69.7 Å². The van der Waals surface area contributed by atoms with E-state index in [2.05, 4.69) is 20.3 Å². The number of hydrogen-bond acceptors (Lipinski definition) is 6. The quantitative estimate of drug-likeness (QED) is 0.463. The molecule has 0 bridgehead atoms. The average molecular weight is 462 g/mol. The Morgan fingerprint density at radius 2 is 2.06 bits per heavy atom. The van der Waals surface area contributed by atoms with E-state index in [1.165, 1.54) is 0 Å². The van der Waals surface area contributed by atoms with Crippen LogP contribution in [0, 0.1) is 6.92 Å². The highest BCUT2D eigenvalue weighted by atomic mass is 35.5. The maximum absolute atomic E-state index is 13.4. The molecule has 4 aromatic rings. The molecule has 168 valence electrons. The normalized spacial score (nSPS) is 15.8. The number of hydrogen-bond donors (Lipinski definition) is 1. The SMILES string of the molecule is CCn1c(=O)c(-c2ccc(-c3cccc(C)n3)cc2Cl)cc2cnc(N[C@@H]3CCOC3)nc21. The summed E-state index contributed by atoms with van der Waals surface area (Å²) in [4.78, 5) is 27.1. The zero-order valence-electron chi connectivity index (χ0n) is 18.5. The molecule has 1 atom stereocenters. The van der Waals surface area contributed by atoms with Crippen molar-refractivity contribution < 1.29 is 4.74 Å². The summed E-state index contributed by atoms with van der Waals surface area (Å²) in [6.07, 6.45) is 2.65. The molecule has 0 amide bonds. The van der Waals surface area contributed by atoms with Gasteiger partial charge in [-0.1, -0.05) is 29.8 Å². The summed E-state index contributed by atoms with van der Waals surface area (Å²) in [6, 6.07) is 13.5. The van der Waals surface area contributed by atoms with Gasteiger partial charge in [-0.15, -0.1) is 0 Å². The number of nitrogens with one attached hydrogen (secondary N) is 1. The summed E-state index contributed by atoms with van der Waals surface area (Å²) in [5, 5.41) is 4.57. The highest BCUT2D eigenvalue weighted by molar-refractivity contribution is 6.33. The first-order chi connectivity index (χ1) is 16.0. The van der Waals surface area contributed by atoms with Crippen molar-refractivity contribution >= 4 is 28.6 Å². The van der Waals surface area contributed by atoms with Crippen molar-refractivity contribution in [3.63, 3.8) is 0 Å². The fourth-order valence-corrected chi connectivity index (χ4v) is 4.42. The van der Waals surface area contributed by atoms with Gasteiger partial charge >= 0.3 is 0 Å². The van der Waals surface area contributed by atoms with Crippen molar-refractivity contribution in [2.45, 2.75) is 32.9 Å². The van der Waals surface area contributed by atoms with Crippen molar-refractivity contribution in [1.29, 1.82) is 0 Å². The molecule has 1 N–H and O–H groups in total. The molecule has 1 aromatic carbocycles. The fourth-order valence-electron chi connectivity index (χ4n) is 4.14. The molecule has 7 nitrogen and oxygen atoms in total. The Kier molecular flexibility index (Phi) is 5.83. The Balaban J connectivity index is 1.56. The first-order valence-electron chi connectivity index (χ1n) is 11.0. The third-order valence-corrected chi connectivity index (χ3v) is 6.16. The number of aryl methyl sites for hydroxylation is 2. The molecule has 3 aromatic heterocycles. The molecular weight excluding hydrogens is 438 g/mol. The summed E-state index contributed by atoms with van der Waals surface area (Å²) in [6.45, 7) is 5.72. The van der Waals surface area contributed by atoms with Crippen LogP contribution >= 0.6 is 11.6 Å². The Labute approximate surface area is 196 Å².